The van der Waals surface area contributed by atoms with Gasteiger partial charge in [0.2, 0.25) is 0 Å². The van der Waals surface area contributed by atoms with Crippen LogP contribution in [0, 0.1) is 5.82 Å². The monoisotopic (exact) mass is 266 g/mol. The molecule has 4 heteroatoms. The number of hydrogen-bond acceptors (Lipinski definition) is 1. The summed E-state index contributed by atoms with van der Waals surface area (Å²) in [7, 11) is 0. The molecule has 1 heterocycles. The summed E-state index contributed by atoms with van der Waals surface area (Å²) in [6, 6.07) is 6.67. The fraction of sp³-hybridized carbons (Fsp3) is 0.286. The molecule has 0 spiro atoms. The van der Waals surface area contributed by atoms with Gasteiger partial charge in [0.1, 0.15) is 5.82 Å². The van der Waals surface area contributed by atoms with Crippen molar-refractivity contribution < 1.29 is 4.39 Å². The van der Waals surface area contributed by atoms with Gasteiger partial charge in [-0.3, -0.25) is 0 Å². The Balaban J connectivity index is 2.08. The third-order valence-electron chi connectivity index (χ3n) is 2.75. The number of halogens is 2. The first-order valence-corrected chi connectivity index (χ1v) is 6.36. The van der Waals surface area contributed by atoms with Crippen LogP contribution in [0.3, 0.4) is 0 Å². The van der Waals surface area contributed by atoms with E-state index in [9.17, 15) is 4.39 Å². The molecular formula is C14H16ClFN2. The molecule has 0 aliphatic heterocycles. The lowest BCUT2D eigenvalue weighted by Gasteiger charge is -2.05. The predicted molar refractivity (Wildman–Crippen MR) is 72.3 cm³/mol. The van der Waals surface area contributed by atoms with Gasteiger partial charge in [-0.15, -0.1) is 0 Å². The molecule has 1 aromatic heterocycles. The van der Waals surface area contributed by atoms with Crippen LogP contribution in [0.15, 0.2) is 36.7 Å². The molecule has 1 aromatic carbocycles. The maximum Gasteiger partial charge on any atom is 0.128 e. The summed E-state index contributed by atoms with van der Waals surface area (Å²) in [6.45, 7) is 4.34. The first kappa shape index (κ1) is 13.1. The summed E-state index contributed by atoms with van der Waals surface area (Å²) >= 11 is 5.87. The van der Waals surface area contributed by atoms with Crippen molar-refractivity contribution in [1.82, 2.24) is 9.88 Å². The minimum Gasteiger partial charge on any atom is -0.349 e. The minimum absolute atomic E-state index is 0.221. The van der Waals surface area contributed by atoms with E-state index in [0.717, 1.165) is 13.1 Å². The highest BCUT2D eigenvalue weighted by Crippen LogP contribution is 2.16. The van der Waals surface area contributed by atoms with E-state index in [4.69, 9.17) is 11.6 Å². The van der Waals surface area contributed by atoms with Crippen molar-refractivity contribution in [1.29, 1.82) is 0 Å². The van der Waals surface area contributed by atoms with E-state index in [0.29, 0.717) is 17.1 Å². The SMILES string of the molecule is CCNCc1ccn(Cc2cc(Cl)ccc2F)c1. The summed E-state index contributed by atoms with van der Waals surface area (Å²) in [5.41, 5.74) is 1.80. The van der Waals surface area contributed by atoms with Crippen LogP contribution in [0.25, 0.3) is 0 Å². The van der Waals surface area contributed by atoms with E-state index >= 15 is 0 Å². The van der Waals surface area contributed by atoms with E-state index in [1.54, 1.807) is 12.1 Å². The lowest BCUT2D eigenvalue weighted by atomic mass is 10.2. The summed E-state index contributed by atoms with van der Waals surface area (Å²) < 4.78 is 15.5. The molecule has 2 aromatic rings. The first-order valence-electron chi connectivity index (χ1n) is 5.98. The molecule has 0 unspecified atom stereocenters. The Hall–Kier alpha value is -1.32. The van der Waals surface area contributed by atoms with Crippen LogP contribution >= 0.6 is 11.6 Å². The molecule has 0 amide bonds. The van der Waals surface area contributed by atoms with Crippen molar-refractivity contribution in [3.05, 3.63) is 58.6 Å². The van der Waals surface area contributed by atoms with Gasteiger partial charge in [0.25, 0.3) is 0 Å². The Morgan fingerprint density at radius 3 is 2.94 bits per heavy atom. The zero-order valence-electron chi connectivity index (χ0n) is 10.3. The molecular weight excluding hydrogens is 251 g/mol. The van der Waals surface area contributed by atoms with Crippen molar-refractivity contribution in [2.45, 2.75) is 20.0 Å². The lowest BCUT2D eigenvalue weighted by Crippen LogP contribution is -2.11. The fourth-order valence-electron chi connectivity index (χ4n) is 1.82. The minimum atomic E-state index is -0.221. The third-order valence-corrected chi connectivity index (χ3v) is 2.99. The van der Waals surface area contributed by atoms with Crippen molar-refractivity contribution in [3.8, 4) is 0 Å². The maximum atomic E-state index is 13.6. The average molecular weight is 267 g/mol. The van der Waals surface area contributed by atoms with Crippen LogP contribution < -0.4 is 5.32 Å². The van der Waals surface area contributed by atoms with Gasteiger partial charge in [0.05, 0.1) is 0 Å². The second kappa shape index (κ2) is 6.03. The molecule has 0 aliphatic rings. The van der Waals surface area contributed by atoms with Crippen LogP contribution in [-0.4, -0.2) is 11.1 Å². The molecule has 96 valence electrons. The summed E-state index contributed by atoms with van der Waals surface area (Å²) in [5, 5.41) is 3.82. The summed E-state index contributed by atoms with van der Waals surface area (Å²) in [4.78, 5) is 0. The molecule has 0 fully saturated rings. The van der Waals surface area contributed by atoms with Gasteiger partial charge in [-0.1, -0.05) is 18.5 Å². The number of benzene rings is 1. The highest BCUT2D eigenvalue weighted by atomic mass is 35.5. The molecule has 0 saturated carbocycles. The van der Waals surface area contributed by atoms with Crippen LogP contribution in [0.2, 0.25) is 5.02 Å². The molecule has 0 saturated heterocycles. The van der Waals surface area contributed by atoms with Crippen LogP contribution in [0.4, 0.5) is 4.39 Å². The van der Waals surface area contributed by atoms with E-state index in [1.165, 1.54) is 11.6 Å². The Morgan fingerprint density at radius 2 is 2.17 bits per heavy atom. The Labute approximate surface area is 111 Å². The smallest absolute Gasteiger partial charge is 0.128 e. The molecule has 18 heavy (non-hydrogen) atoms. The third kappa shape index (κ3) is 3.34. The van der Waals surface area contributed by atoms with Gasteiger partial charge in [0, 0.05) is 36.1 Å². The van der Waals surface area contributed by atoms with Gasteiger partial charge in [-0.2, -0.15) is 0 Å². The fourth-order valence-corrected chi connectivity index (χ4v) is 2.02. The van der Waals surface area contributed by atoms with Gasteiger partial charge in [-0.05, 0) is 36.4 Å². The predicted octanol–water partition coefficient (Wildman–Crippen LogP) is 3.44. The molecule has 0 bridgehead atoms. The average Bonchev–Trinajstić information content (AvgIpc) is 2.79. The molecule has 1 N–H and O–H groups in total. The maximum absolute atomic E-state index is 13.6. The van der Waals surface area contributed by atoms with Crippen LogP contribution in [0.5, 0.6) is 0 Å². The Bertz CT molecular complexity index is 522. The standard InChI is InChI=1S/C14H16ClFN2/c1-2-17-8-11-5-6-18(9-11)10-12-7-13(15)3-4-14(12)16/h3-7,9,17H,2,8,10H2,1H3. The normalized spacial score (nSPS) is 10.8. The lowest BCUT2D eigenvalue weighted by molar-refractivity contribution is 0.599. The van der Waals surface area contributed by atoms with Gasteiger partial charge in [-0.25, -0.2) is 4.39 Å². The molecule has 0 radical (unpaired) electrons. The molecule has 2 nitrogen and oxygen atoms in total. The highest BCUT2D eigenvalue weighted by Gasteiger charge is 2.04. The number of aromatic nitrogens is 1. The summed E-state index contributed by atoms with van der Waals surface area (Å²) in [5.74, 6) is -0.221. The van der Waals surface area contributed by atoms with Crippen molar-refractivity contribution in [2.75, 3.05) is 6.54 Å². The van der Waals surface area contributed by atoms with E-state index in [2.05, 4.69) is 12.2 Å². The van der Waals surface area contributed by atoms with Gasteiger partial charge >= 0.3 is 0 Å². The molecule has 0 atom stereocenters. The first-order chi connectivity index (χ1) is 8.69. The zero-order chi connectivity index (χ0) is 13.0. The molecule has 2 rings (SSSR count). The Morgan fingerprint density at radius 1 is 1.33 bits per heavy atom. The highest BCUT2D eigenvalue weighted by molar-refractivity contribution is 6.30. The number of rotatable bonds is 5. The van der Waals surface area contributed by atoms with Crippen molar-refractivity contribution in [3.63, 3.8) is 0 Å². The quantitative estimate of drug-likeness (QED) is 0.877. The number of nitrogens with zero attached hydrogens (tertiary/aromatic N) is 1. The second-order valence-electron chi connectivity index (χ2n) is 4.21. The Kier molecular flexibility index (Phi) is 4.39. The largest absolute Gasteiger partial charge is 0.349 e. The van der Waals surface area contributed by atoms with E-state index in [1.807, 2.05) is 23.0 Å². The van der Waals surface area contributed by atoms with E-state index < -0.39 is 0 Å². The van der Waals surface area contributed by atoms with Gasteiger partial charge in [0.15, 0.2) is 0 Å². The number of nitrogens with one attached hydrogen (secondary N) is 1. The van der Waals surface area contributed by atoms with E-state index in [-0.39, 0.29) is 5.82 Å². The van der Waals surface area contributed by atoms with Gasteiger partial charge < -0.3 is 9.88 Å². The van der Waals surface area contributed by atoms with Crippen molar-refractivity contribution in [2.24, 2.45) is 0 Å². The van der Waals surface area contributed by atoms with Crippen molar-refractivity contribution >= 4 is 11.6 Å². The number of hydrogen-bond donors (Lipinski definition) is 1. The van der Waals surface area contributed by atoms with Crippen LogP contribution in [-0.2, 0) is 13.1 Å². The molecule has 0 aliphatic carbocycles. The topological polar surface area (TPSA) is 17.0 Å². The zero-order valence-corrected chi connectivity index (χ0v) is 11.0. The van der Waals surface area contributed by atoms with Crippen LogP contribution in [0.1, 0.15) is 18.1 Å². The second-order valence-corrected chi connectivity index (χ2v) is 4.64. The summed E-state index contributed by atoms with van der Waals surface area (Å²) in [6.07, 6.45) is 3.97.